The highest BCUT2D eigenvalue weighted by Gasteiger charge is 2.26. The average molecular weight is 259 g/mol. The molecule has 1 atom stereocenters. The summed E-state index contributed by atoms with van der Waals surface area (Å²) in [7, 11) is 1.63. The first-order valence-electron chi connectivity index (χ1n) is 6.43. The lowest BCUT2D eigenvalue weighted by Gasteiger charge is -2.18. The van der Waals surface area contributed by atoms with E-state index in [1.807, 2.05) is 40.7 Å². The minimum absolute atomic E-state index is 0.0135. The van der Waals surface area contributed by atoms with Gasteiger partial charge in [-0.1, -0.05) is 13.8 Å². The highest BCUT2D eigenvalue weighted by molar-refractivity contribution is 6.01. The van der Waals surface area contributed by atoms with Crippen LogP contribution in [0.1, 0.15) is 40.9 Å². The minimum Gasteiger partial charge on any atom is -0.496 e. The second-order valence-electron chi connectivity index (χ2n) is 5.24. The van der Waals surface area contributed by atoms with Gasteiger partial charge in [0.1, 0.15) is 11.7 Å². The van der Waals surface area contributed by atoms with Gasteiger partial charge in [-0.05, 0) is 49.4 Å². The number of nitriles is 1. The number of Topliss-reactive ketones (excluding diaryl/α,β-unsaturated/α-hetero) is 1. The van der Waals surface area contributed by atoms with Gasteiger partial charge >= 0.3 is 0 Å². The zero-order valence-electron chi connectivity index (χ0n) is 12.5. The number of carbonyl (C=O) groups excluding carboxylic acids is 1. The fourth-order valence-electron chi connectivity index (χ4n) is 2.31. The summed E-state index contributed by atoms with van der Waals surface area (Å²) in [4.78, 5) is 12.5. The van der Waals surface area contributed by atoms with Gasteiger partial charge in [0.2, 0.25) is 0 Å². The van der Waals surface area contributed by atoms with Crippen molar-refractivity contribution in [1.29, 1.82) is 5.26 Å². The molecule has 0 amide bonds. The molecular formula is C16H21NO2. The number of rotatable bonds is 4. The van der Waals surface area contributed by atoms with Gasteiger partial charge in [0.25, 0.3) is 0 Å². The maximum absolute atomic E-state index is 12.5. The first-order valence-corrected chi connectivity index (χ1v) is 6.43. The van der Waals surface area contributed by atoms with Crippen LogP contribution in [0.5, 0.6) is 5.75 Å². The molecule has 0 heterocycles. The molecule has 0 spiro atoms. The lowest BCUT2D eigenvalue weighted by molar-refractivity contribution is 0.0923. The quantitative estimate of drug-likeness (QED) is 0.776. The van der Waals surface area contributed by atoms with E-state index in [-0.39, 0.29) is 11.7 Å². The van der Waals surface area contributed by atoms with Crippen molar-refractivity contribution in [1.82, 2.24) is 0 Å². The number of hydrogen-bond donors (Lipinski definition) is 0. The second-order valence-corrected chi connectivity index (χ2v) is 5.24. The molecule has 0 aliphatic carbocycles. The van der Waals surface area contributed by atoms with Gasteiger partial charge < -0.3 is 4.74 Å². The summed E-state index contributed by atoms with van der Waals surface area (Å²) >= 11 is 0. The largest absolute Gasteiger partial charge is 0.496 e. The van der Waals surface area contributed by atoms with Gasteiger partial charge in [0.15, 0.2) is 5.78 Å². The first-order chi connectivity index (χ1) is 8.84. The molecule has 1 aromatic carbocycles. The van der Waals surface area contributed by atoms with E-state index in [4.69, 9.17) is 10.00 Å². The second kappa shape index (κ2) is 5.88. The SMILES string of the molecule is COc1c(C)cc(C(=O)C(C#N)C(C)C)c(C)c1C. The van der Waals surface area contributed by atoms with Crippen LogP contribution in [-0.4, -0.2) is 12.9 Å². The third-order valence-electron chi connectivity index (χ3n) is 3.58. The monoisotopic (exact) mass is 259 g/mol. The molecule has 0 bridgehead atoms. The smallest absolute Gasteiger partial charge is 0.180 e. The molecule has 0 aromatic heterocycles. The molecule has 1 rings (SSSR count). The van der Waals surface area contributed by atoms with Crippen LogP contribution in [0.25, 0.3) is 0 Å². The lowest BCUT2D eigenvalue weighted by Crippen LogP contribution is -2.20. The predicted octanol–water partition coefficient (Wildman–Crippen LogP) is 3.60. The van der Waals surface area contributed by atoms with E-state index < -0.39 is 5.92 Å². The maximum atomic E-state index is 12.5. The van der Waals surface area contributed by atoms with Gasteiger partial charge in [-0.15, -0.1) is 0 Å². The van der Waals surface area contributed by atoms with E-state index in [1.54, 1.807) is 7.11 Å². The molecule has 0 fully saturated rings. The Labute approximate surface area is 115 Å². The van der Waals surface area contributed by atoms with Crippen molar-refractivity contribution < 1.29 is 9.53 Å². The Hall–Kier alpha value is -1.82. The van der Waals surface area contributed by atoms with Crippen LogP contribution in [0.3, 0.4) is 0 Å². The molecule has 3 heteroatoms. The molecule has 0 saturated heterocycles. The number of carbonyl (C=O) groups is 1. The van der Waals surface area contributed by atoms with Crippen molar-refractivity contribution >= 4 is 5.78 Å². The van der Waals surface area contributed by atoms with E-state index in [9.17, 15) is 4.79 Å². The number of hydrogen-bond acceptors (Lipinski definition) is 3. The maximum Gasteiger partial charge on any atom is 0.180 e. The van der Waals surface area contributed by atoms with E-state index in [0.717, 1.165) is 22.4 Å². The zero-order chi connectivity index (χ0) is 14.7. The van der Waals surface area contributed by atoms with Crippen LogP contribution in [0.15, 0.2) is 6.07 Å². The number of benzene rings is 1. The van der Waals surface area contributed by atoms with Gasteiger partial charge in [-0.3, -0.25) is 4.79 Å². The molecule has 0 aliphatic heterocycles. The minimum atomic E-state index is -0.592. The van der Waals surface area contributed by atoms with Crippen molar-refractivity contribution in [2.24, 2.45) is 11.8 Å². The Morgan fingerprint density at radius 1 is 1.26 bits per heavy atom. The lowest BCUT2D eigenvalue weighted by atomic mass is 9.85. The third kappa shape index (κ3) is 2.78. The van der Waals surface area contributed by atoms with Crippen LogP contribution in [0, 0.1) is 43.9 Å². The van der Waals surface area contributed by atoms with Gasteiger partial charge in [0, 0.05) is 5.56 Å². The van der Waals surface area contributed by atoms with Gasteiger partial charge in [-0.2, -0.15) is 5.26 Å². The summed E-state index contributed by atoms with van der Waals surface area (Å²) in [6.45, 7) is 9.54. The van der Waals surface area contributed by atoms with E-state index in [1.165, 1.54) is 0 Å². The van der Waals surface area contributed by atoms with Gasteiger partial charge in [-0.25, -0.2) is 0 Å². The predicted molar refractivity (Wildman–Crippen MR) is 75.5 cm³/mol. The normalized spacial score (nSPS) is 12.1. The molecule has 0 aliphatic rings. The Balaban J connectivity index is 3.38. The van der Waals surface area contributed by atoms with Crippen molar-refractivity contribution in [2.45, 2.75) is 34.6 Å². The number of methoxy groups -OCH3 is 1. The molecule has 102 valence electrons. The topological polar surface area (TPSA) is 50.1 Å². The highest BCUT2D eigenvalue weighted by atomic mass is 16.5. The molecule has 3 nitrogen and oxygen atoms in total. The van der Waals surface area contributed by atoms with Crippen LogP contribution in [-0.2, 0) is 0 Å². The van der Waals surface area contributed by atoms with Crippen LogP contribution in [0.4, 0.5) is 0 Å². The summed E-state index contributed by atoms with van der Waals surface area (Å²) in [6.07, 6.45) is 0. The summed E-state index contributed by atoms with van der Waals surface area (Å²) in [5, 5.41) is 9.16. The Kier molecular flexibility index (Phi) is 4.72. The number of ketones is 1. The van der Waals surface area contributed by atoms with E-state index in [0.29, 0.717) is 5.56 Å². The van der Waals surface area contributed by atoms with Crippen LogP contribution >= 0.6 is 0 Å². The van der Waals surface area contributed by atoms with Crippen molar-refractivity contribution in [3.05, 3.63) is 28.3 Å². The molecule has 19 heavy (non-hydrogen) atoms. The molecule has 1 aromatic rings. The Bertz CT molecular complexity index is 539. The number of nitrogens with zero attached hydrogens (tertiary/aromatic N) is 1. The van der Waals surface area contributed by atoms with Crippen LogP contribution in [0.2, 0.25) is 0 Å². The molecule has 0 N–H and O–H groups in total. The summed E-state index contributed by atoms with van der Waals surface area (Å²) in [6, 6.07) is 3.94. The summed E-state index contributed by atoms with van der Waals surface area (Å²) < 4.78 is 5.35. The molecular weight excluding hydrogens is 238 g/mol. The first kappa shape index (κ1) is 15.2. The van der Waals surface area contributed by atoms with Crippen LogP contribution < -0.4 is 4.74 Å². The Morgan fingerprint density at radius 2 is 1.84 bits per heavy atom. The molecule has 0 saturated carbocycles. The molecule has 0 radical (unpaired) electrons. The highest BCUT2D eigenvalue weighted by Crippen LogP contribution is 2.30. The average Bonchev–Trinajstić information content (AvgIpc) is 2.34. The fourth-order valence-corrected chi connectivity index (χ4v) is 2.31. The molecule has 1 unspecified atom stereocenters. The third-order valence-corrected chi connectivity index (χ3v) is 3.58. The van der Waals surface area contributed by atoms with Crippen molar-refractivity contribution in [3.63, 3.8) is 0 Å². The standard InChI is InChI=1S/C16H21NO2/c1-9(2)14(8-17)15(18)13-7-10(3)16(19-6)12(5)11(13)4/h7,9,14H,1-6H3. The Morgan fingerprint density at radius 3 is 2.26 bits per heavy atom. The zero-order valence-corrected chi connectivity index (χ0v) is 12.5. The number of ether oxygens (including phenoxy) is 1. The van der Waals surface area contributed by atoms with E-state index in [2.05, 4.69) is 6.07 Å². The summed E-state index contributed by atoms with van der Waals surface area (Å²) in [5.41, 5.74) is 3.42. The van der Waals surface area contributed by atoms with Gasteiger partial charge in [0.05, 0.1) is 13.2 Å². The number of aryl methyl sites for hydroxylation is 1. The summed E-state index contributed by atoms with van der Waals surface area (Å²) in [5.74, 6) is 0.140. The fraction of sp³-hybridized carbons (Fsp3) is 0.500. The van der Waals surface area contributed by atoms with Crippen molar-refractivity contribution in [3.8, 4) is 11.8 Å². The van der Waals surface area contributed by atoms with E-state index >= 15 is 0 Å². The van der Waals surface area contributed by atoms with Crippen molar-refractivity contribution in [2.75, 3.05) is 7.11 Å².